The second-order valence-electron chi connectivity index (χ2n) is 4.15. The van der Waals surface area contributed by atoms with E-state index in [1.54, 1.807) is 0 Å². The number of carbonyl (C=O) groups excluding carboxylic acids is 1. The van der Waals surface area contributed by atoms with E-state index in [0.717, 1.165) is 0 Å². The average molecular weight is 184 g/mol. The molecule has 1 unspecified atom stereocenters. The Hall–Kier alpha value is -0.610. The van der Waals surface area contributed by atoms with E-state index in [4.69, 9.17) is 14.2 Å². The van der Waals surface area contributed by atoms with Crippen LogP contribution in [0.1, 0.15) is 13.8 Å². The largest absolute Gasteiger partial charge is 0.431 e. The van der Waals surface area contributed by atoms with Gasteiger partial charge in [-0.15, -0.1) is 0 Å². The van der Waals surface area contributed by atoms with Gasteiger partial charge in [0.25, 0.3) is 0 Å². The molecule has 0 aliphatic carbocycles. The summed E-state index contributed by atoms with van der Waals surface area (Å²) in [5.41, 5.74) is 0. The topological polar surface area (TPSA) is 44.8 Å². The Morgan fingerprint density at radius 1 is 1.08 bits per heavy atom. The minimum atomic E-state index is -0.450. The summed E-state index contributed by atoms with van der Waals surface area (Å²) < 4.78 is 16.3. The van der Waals surface area contributed by atoms with Crippen molar-refractivity contribution in [2.45, 2.75) is 38.4 Å². The highest BCUT2D eigenvalue weighted by molar-refractivity contribution is 5.76. The summed E-state index contributed by atoms with van der Waals surface area (Å²) in [4.78, 5) is 11.3. The first kappa shape index (κ1) is 7.76. The second-order valence-corrected chi connectivity index (χ2v) is 4.15. The molecule has 4 heteroatoms. The fourth-order valence-electron chi connectivity index (χ4n) is 2.59. The van der Waals surface area contributed by atoms with Gasteiger partial charge in [-0.05, 0) is 0 Å². The van der Waals surface area contributed by atoms with Gasteiger partial charge < -0.3 is 14.2 Å². The fraction of sp³-hybridized carbons (Fsp3) is 0.889. The van der Waals surface area contributed by atoms with Crippen molar-refractivity contribution in [1.82, 2.24) is 0 Å². The fourth-order valence-corrected chi connectivity index (χ4v) is 2.59. The Morgan fingerprint density at radius 2 is 1.85 bits per heavy atom. The number of hydrogen-bond donors (Lipinski definition) is 0. The molecule has 0 aromatic heterocycles. The van der Waals surface area contributed by atoms with Gasteiger partial charge in [0.05, 0.1) is 6.10 Å². The lowest BCUT2D eigenvalue weighted by molar-refractivity contribution is -0.225. The van der Waals surface area contributed by atoms with Crippen LogP contribution in [-0.4, -0.2) is 30.6 Å². The third kappa shape index (κ3) is 0.802. The van der Waals surface area contributed by atoms with Crippen LogP contribution in [0, 0.1) is 11.8 Å². The molecule has 13 heavy (non-hydrogen) atoms. The summed E-state index contributed by atoms with van der Waals surface area (Å²) in [7, 11) is 0. The van der Waals surface area contributed by atoms with Crippen LogP contribution >= 0.6 is 0 Å². The van der Waals surface area contributed by atoms with Crippen LogP contribution < -0.4 is 0 Å². The van der Waals surface area contributed by atoms with Crippen molar-refractivity contribution in [3.63, 3.8) is 0 Å². The van der Waals surface area contributed by atoms with Crippen molar-refractivity contribution in [3.05, 3.63) is 0 Å². The molecule has 3 fully saturated rings. The summed E-state index contributed by atoms with van der Waals surface area (Å²) >= 11 is 0. The summed E-state index contributed by atoms with van der Waals surface area (Å²) in [6, 6.07) is 0. The van der Waals surface area contributed by atoms with Gasteiger partial charge in [0.1, 0.15) is 6.10 Å². The SMILES string of the molecule is C[C@@H]1[C@@H]2OC3OC(=O)[C@H](O[C@H]31)[C@H]2C. The molecule has 3 heterocycles. The van der Waals surface area contributed by atoms with E-state index in [0.29, 0.717) is 5.92 Å². The maximum Gasteiger partial charge on any atom is 0.338 e. The molecule has 3 saturated heterocycles. The zero-order valence-corrected chi connectivity index (χ0v) is 7.60. The molecular formula is C9H12O4. The van der Waals surface area contributed by atoms with Crippen LogP contribution in [0.5, 0.6) is 0 Å². The number of esters is 1. The highest BCUT2D eigenvalue weighted by atomic mass is 16.8. The number of fused-ring (bicyclic) bond motifs is 2. The number of ether oxygens (including phenoxy) is 3. The first-order chi connectivity index (χ1) is 6.18. The molecule has 0 saturated carbocycles. The lowest BCUT2D eigenvalue weighted by atomic mass is 9.84. The Kier molecular flexibility index (Phi) is 1.34. The predicted molar refractivity (Wildman–Crippen MR) is 41.7 cm³/mol. The molecule has 0 spiro atoms. The zero-order valence-electron chi connectivity index (χ0n) is 7.60. The van der Waals surface area contributed by atoms with Gasteiger partial charge in [-0.2, -0.15) is 0 Å². The molecular weight excluding hydrogens is 172 g/mol. The lowest BCUT2D eigenvalue weighted by Gasteiger charge is -2.38. The van der Waals surface area contributed by atoms with Crippen LogP contribution in [0.25, 0.3) is 0 Å². The quantitative estimate of drug-likeness (QED) is 0.508. The highest BCUT2D eigenvalue weighted by Gasteiger charge is 2.59. The summed E-state index contributed by atoms with van der Waals surface area (Å²) in [6.45, 7) is 4.07. The van der Waals surface area contributed by atoms with Gasteiger partial charge in [-0.25, -0.2) is 4.79 Å². The van der Waals surface area contributed by atoms with Crippen LogP contribution in [0.2, 0.25) is 0 Å². The Bertz CT molecular complexity index is 264. The van der Waals surface area contributed by atoms with Gasteiger partial charge in [-0.1, -0.05) is 13.8 Å². The standard InChI is InChI=1S/C9H12O4/c1-3-5-4(2)7-9(12-5)13-8(10)6(3)11-7/h3-7,9H,1-2H3/t3-,4+,5+,6+,7-,9?/m0/s1. The molecule has 3 rings (SSSR count). The number of hydrogen-bond acceptors (Lipinski definition) is 4. The van der Waals surface area contributed by atoms with Crippen molar-refractivity contribution >= 4 is 5.97 Å². The highest BCUT2D eigenvalue weighted by Crippen LogP contribution is 2.44. The maximum atomic E-state index is 11.3. The lowest BCUT2D eigenvalue weighted by Crippen LogP contribution is -2.53. The molecule has 72 valence electrons. The van der Waals surface area contributed by atoms with E-state index >= 15 is 0 Å². The van der Waals surface area contributed by atoms with Crippen LogP contribution in [0.3, 0.4) is 0 Å². The predicted octanol–water partition coefficient (Wildman–Crippen LogP) is 0.308. The molecule has 3 aliphatic rings. The summed E-state index contributed by atoms with van der Waals surface area (Å²) in [5.74, 6) is 0.193. The summed E-state index contributed by atoms with van der Waals surface area (Å²) in [5, 5.41) is 0. The molecule has 3 bridgehead atoms. The van der Waals surface area contributed by atoms with E-state index in [1.165, 1.54) is 0 Å². The van der Waals surface area contributed by atoms with Crippen molar-refractivity contribution in [3.8, 4) is 0 Å². The number of carbonyl (C=O) groups is 1. The van der Waals surface area contributed by atoms with Crippen LogP contribution in [0.15, 0.2) is 0 Å². The first-order valence-corrected chi connectivity index (χ1v) is 4.70. The van der Waals surface area contributed by atoms with Gasteiger partial charge in [-0.3, -0.25) is 0 Å². The van der Waals surface area contributed by atoms with E-state index in [1.807, 2.05) is 6.92 Å². The molecule has 0 aromatic rings. The molecule has 0 amide bonds. The van der Waals surface area contributed by atoms with Crippen molar-refractivity contribution in [2.24, 2.45) is 11.8 Å². The molecule has 0 N–H and O–H groups in total. The van der Waals surface area contributed by atoms with Crippen molar-refractivity contribution < 1.29 is 19.0 Å². The Balaban J connectivity index is 2.02. The normalized spacial score (nSPS) is 58.2. The van der Waals surface area contributed by atoms with E-state index < -0.39 is 12.4 Å². The van der Waals surface area contributed by atoms with Crippen molar-refractivity contribution in [2.75, 3.05) is 0 Å². The van der Waals surface area contributed by atoms with Crippen LogP contribution in [-0.2, 0) is 19.0 Å². The maximum absolute atomic E-state index is 11.3. The van der Waals surface area contributed by atoms with E-state index in [2.05, 4.69) is 6.92 Å². The summed E-state index contributed by atoms with van der Waals surface area (Å²) in [6.07, 6.45) is -0.761. The molecule has 0 aromatic carbocycles. The van der Waals surface area contributed by atoms with Gasteiger partial charge in [0.2, 0.25) is 6.29 Å². The minimum Gasteiger partial charge on any atom is -0.431 e. The van der Waals surface area contributed by atoms with Gasteiger partial charge in [0.15, 0.2) is 6.10 Å². The van der Waals surface area contributed by atoms with Gasteiger partial charge >= 0.3 is 5.97 Å². The minimum absolute atomic E-state index is 0.0381. The molecule has 3 aliphatic heterocycles. The first-order valence-electron chi connectivity index (χ1n) is 4.70. The van der Waals surface area contributed by atoms with Crippen LogP contribution in [0.4, 0.5) is 0 Å². The second kappa shape index (κ2) is 2.25. The molecule has 6 atom stereocenters. The molecule has 0 radical (unpaired) electrons. The number of rotatable bonds is 0. The third-order valence-corrected chi connectivity index (χ3v) is 3.36. The van der Waals surface area contributed by atoms with E-state index in [-0.39, 0.29) is 24.1 Å². The van der Waals surface area contributed by atoms with E-state index in [9.17, 15) is 4.79 Å². The average Bonchev–Trinajstić information content (AvgIpc) is 2.25. The smallest absolute Gasteiger partial charge is 0.338 e. The van der Waals surface area contributed by atoms with Gasteiger partial charge in [0, 0.05) is 11.8 Å². The Labute approximate surface area is 76.1 Å². The molecule has 4 nitrogen and oxygen atoms in total. The zero-order chi connectivity index (χ0) is 9.16. The third-order valence-electron chi connectivity index (χ3n) is 3.36. The monoisotopic (exact) mass is 184 g/mol. The van der Waals surface area contributed by atoms with Crippen molar-refractivity contribution in [1.29, 1.82) is 0 Å². The Morgan fingerprint density at radius 3 is 2.62 bits per heavy atom.